The number of anilines is 2. The lowest BCUT2D eigenvalue weighted by molar-refractivity contribution is -0.387. The third-order valence-electron chi connectivity index (χ3n) is 5.76. The second-order valence-corrected chi connectivity index (χ2v) is 7.66. The van der Waals surface area contributed by atoms with Crippen LogP contribution in [0.3, 0.4) is 0 Å². The topological polar surface area (TPSA) is 114 Å². The first-order valence-electron chi connectivity index (χ1n) is 10.5. The quantitative estimate of drug-likeness (QED) is 0.313. The lowest BCUT2D eigenvalue weighted by Crippen LogP contribution is -2.16. The molecule has 0 saturated carbocycles. The van der Waals surface area contributed by atoms with E-state index in [0.29, 0.717) is 24.5 Å². The molecule has 5 rings (SSSR count). The molecule has 0 aliphatic carbocycles. The number of halogens is 2. The Hall–Kier alpha value is -4.32. The first-order chi connectivity index (χ1) is 16.9. The number of methoxy groups -OCH3 is 2. The smallest absolute Gasteiger partial charge is 0.307 e. The molecule has 12 heteroatoms. The normalized spacial score (nSPS) is 12.9. The van der Waals surface area contributed by atoms with Gasteiger partial charge < -0.3 is 24.1 Å². The van der Waals surface area contributed by atoms with Crippen molar-refractivity contribution in [2.75, 3.05) is 26.1 Å². The zero-order chi connectivity index (χ0) is 24.7. The molecule has 0 bridgehead atoms. The van der Waals surface area contributed by atoms with Gasteiger partial charge in [-0.05, 0) is 6.07 Å². The van der Waals surface area contributed by atoms with E-state index in [1.807, 2.05) is 16.7 Å². The van der Waals surface area contributed by atoms with E-state index in [-0.39, 0.29) is 29.7 Å². The molecule has 0 atom stereocenters. The summed E-state index contributed by atoms with van der Waals surface area (Å²) in [6, 6.07) is 7.32. The van der Waals surface area contributed by atoms with Crippen LogP contribution in [0.2, 0.25) is 0 Å². The van der Waals surface area contributed by atoms with Gasteiger partial charge in [-0.3, -0.25) is 10.1 Å². The maximum atomic E-state index is 15.1. The van der Waals surface area contributed by atoms with Gasteiger partial charge in [0.2, 0.25) is 11.8 Å². The van der Waals surface area contributed by atoms with Crippen LogP contribution in [0.25, 0.3) is 22.2 Å². The van der Waals surface area contributed by atoms with Crippen molar-refractivity contribution < 1.29 is 27.9 Å². The highest BCUT2D eigenvalue weighted by Crippen LogP contribution is 2.41. The van der Waals surface area contributed by atoms with Crippen LogP contribution in [0.5, 0.6) is 11.5 Å². The Morgan fingerprint density at radius 1 is 1.17 bits per heavy atom. The van der Waals surface area contributed by atoms with Gasteiger partial charge in [0.25, 0.3) is 0 Å². The Labute approximate surface area is 197 Å². The van der Waals surface area contributed by atoms with E-state index < -0.39 is 22.2 Å². The van der Waals surface area contributed by atoms with Crippen LogP contribution < -0.4 is 14.8 Å². The van der Waals surface area contributed by atoms with Crippen LogP contribution in [0.15, 0.2) is 36.5 Å². The summed E-state index contributed by atoms with van der Waals surface area (Å²) in [4.78, 5) is 18.7. The average molecular weight is 483 g/mol. The number of nitro groups is 1. The van der Waals surface area contributed by atoms with E-state index in [1.54, 1.807) is 13.2 Å². The summed E-state index contributed by atoms with van der Waals surface area (Å²) < 4.78 is 47.5. The number of aromatic nitrogens is 3. The number of ether oxygens (including phenoxy) is 3. The third kappa shape index (κ3) is 3.77. The highest BCUT2D eigenvalue weighted by molar-refractivity contribution is 6.00. The average Bonchev–Trinajstić information content (AvgIpc) is 3.20. The first kappa shape index (κ1) is 22.5. The molecule has 0 fully saturated rings. The molecule has 0 radical (unpaired) electrons. The van der Waals surface area contributed by atoms with Gasteiger partial charge in [-0.15, -0.1) is 0 Å². The molecular formula is C23H19F2N5O5. The lowest BCUT2D eigenvalue weighted by atomic mass is 10.1. The molecular weight excluding hydrogens is 464 g/mol. The van der Waals surface area contributed by atoms with Crippen LogP contribution >= 0.6 is 0 Å². The molecule has 35 heavy (non-hydrogen) atoms. The molecule has 0 spiro atoms. The third-order valence-corrected chi connectivity index (χ3v) is 5.76. The number of hydrogen-bond acceptors (Lipinski definition) is 8. The fourth-order valence-corrected chi connectivity index (χ4v) is 4.25. The highest BCUT2D eigenvalue weighted by Gasteiger charge is 2.27. The second kappa shape index (κ2) is 8.80. The van der Waals surface area contributed by atoms with Crippen molar-refractivity contribution in [2.45, 2.75) is 13.2 Å². The summed E-state index contributed by atoms with van der Waals surface area (Å²) in [6.45, 7) is 1.30. The zero-order valence-electron chi connectivity index (χ0n) is 18.7. The fraction of sp³-hybridized carbons (Fsp3) is 0.217. The van der Waals surface area contributed by atoms with Crippen molar-refractivity contribution in [3.8, 4) is 22.8 Å². The van der Waals surface area contributed by atoms with E-state index in [2.05, 4.69) is 15.3 Å². The van der Waals surface area contributed by atoms with Crippen LogP contribution in [-0.4, -0.2) is 40.3 Å². The Morgan fingerprint density at radius 2 is 1.97 bits per heavy atom. The van der Waals surface area contributed by atoms with Crippen molar-refractivity contribution in [1.29, 1.82) is 0 Å². The van der Waals surface area contributed by atoms with Crippen molar-refractivity contribution in [3.05, 3.63) is 64.0 Å². The van der Waals surface area contributed by atoms with Crippen molar-refractivity contribution in [3.63, 3.8) is 0 Å². The highest BCUT2D eigenvalue weighted by atomic mass is 19.1. The van der Waals surface area contributed by atoms with E-state index in [0.717, 1.165) is 34.9 Å². The van der Waals surface area contributed by atoms with E-state index in [4.69, 9.17) is 14.2 Å². The van der Waals surface area contributed by atoms with Gasteiger partial charge in [-0.2, -0.15) is 4.39 Å². The van der Waals surface area contributed by atoms with Crippen LogP contribution in [0, 0.1) is 21.7 Å². The summed E-state index contributed by atoms with van der Waals surface area (Å²) in [5.74, 6) is -1.16. The second-order valence-electron chi connectivity index (χ2n) is 7.66. The van der Waals surface area contributed by atoms with E-state index in [1.165, 1.54) is 7.11 Å². The number of nitrogens with one attached hydrogen (secondary N) is 1. The van der Waals surface area contributed by atoms with Gasteiger partial charge in [-0.25, -0.2) is 14.4 Å². The minimum Gasteiger partial charge on any atom is -0.495 e. The fourth-order valence-electron chi connectivity index (χ4n) is 4.25. The Morgan fingerprint density at radius 3 is 2.71 bits per heavy atom. The van der Waals surface area contributed by atoms with Crippen molar-refractivity contribution in [2.24, 2.45) is 0 Å². The predicted molar refractivity (Wildman–Crippen MR) is 122 cm³/mol. The lowest BCUT2D eigenvalue weighted by Gasteiger charge is -2.18. The molecule has 3 heterocycles. The molecule has 0 amide bonds. The molecule has 2 aromatic heterocycles. The number of fused-ring (bicyclic) bond motifs is 3. The monoisotopic (exact) mass is 483 g/mol. The minimum atomic E-state index is -1.06. The maximum absolute atomic E-state index is 15.1. The molecule has 4 aromatic rings. The number of nitrogens with zero attached hydrogens (tertiary/aromatic N) is 4. The summed E-state index contributed by atoms with van der Waals surface area (Å²) in [5.41, 5.74) is 1.36. The van der Waals surface area contributed by atoms with Crippen LogP contribution in [0.1, 0.15) is 5.69 Å². The Bertz CT molecular complexity index is 1470. The van der Waals surface area contributed by atoms with Gasteiger partial charge in [0.1, 0.15) is 17.2 Å². The molecule has 1 aliphatic rings. The standard InChI is InChI=1S/C23H19F2N5O5/c1-33-18-5-3-4-12-20(17-11-35-7-6-29(17)22(12)18)21-14(25)10-26-23(28-21)27-15-9-16(30(31)32)13(24)8-19(15)34-2/h3-5,8-10H,6-7,11H2,1-2H3,(H,26,27,28). The summed E-state index contributed by atoms with van der Waals surface area (Å²) in [5, 5.41) is 14.7. The van der Waals surface area contributed by atoms with Gasteiger partial charge in [0.15, 0.2) is 5.82 Å². The zero-order valence-corrected chi connectivity index (χ0v) is 18.7. The summed E-state index contributed by atoms with van der Waals surface area (Å²) >= 11 is 0. The molecule has 1 N–H and O–H groups in total. The number of hydrogen-bond donors (Lipinski definition) is 1. The summed E-state index contributed by atoms with van der Waals surface area (Å²) in [7, 11) is 2.85. The van der Waals surface area contributed by atoms with Gasteiger partial charge in [0.05, 0.1) is 55.5 Å². The van der Waals surface area contributed by atoms with E-state index >= 15 is 4.39 Å². The largest absolute Gasteiger partial charge is 0.495 e. The molecule has 0 unspecified atom stereocenters. The maximum Gasteiger partial charge on any atom is 0.307 e. The van der Waals surface area contributed by atoms with E-state index in [9.17, 15) is 14.5 Å². The number of para-hydroxylation sites is 1. The van der Waals surface area contributed by atoms with Gasteiger partial charge in [-0.1, -0.05) is 12.1 Å². The molecule has 10 nitrogen and oxygen atoms in total. The van der Waals surface area contributed by atoms with Crippen molar-refractivity contribution >= 4 is 28.2 Å². The number of rotatable bonds is 6. The first-order valence-corrected chi connectivity index (χ1v) is 10.5. The Balaban J connectivity index is 1.66. The molecule has 2 aromatic carbocycles. The summed E-state index contributed by atoms with van der Waals surface area (Å²) in [6.07, 6.45) is 0.995. The molecule has 180 valence electrons. The Kier molecular flexibility index (Phi) is 5.65. The van der Waals surface area contributed by atoms with Crippen LogP contribution in [-0.2, 0) is 17.9 Å². The molecule has 0 saturated heterocycles. The van der Waals surface area contributed by atoms with Crippen LogP contribution in [0.4, 0.5) is 26.1 Å². The molecule has 1 aliphatic heterocycles. The SMILES string of the molecule is COc1cc(F)c([N+](=O)[O-])cc1Nc1ncc(F)c(-c2c3n(c4c(OC)cccc24)CCOC3)n1. The minimum absolute atomic E-state index is 0.00703. The number of benzene rings is 2. The van der Waals surface area contributed by atoms with Gasteiger partial charge >= 0.3 is 5.69 Å². The van der Waals surface area contributed by atoms with Gasteiger partial charge in [0, 0.05) is 29.6 Å². The number of nitro benzene ring substituents is 1. The van der Waals surface area contributed by atoms with Crippen molar-refractivity contribution in [1.82, 2.24) is 14.5 Å². The predicted octanol–water partition coefficient (Wildman–Crippen LogP) is 4.58.